The molecule has 1 amide bonds. The summed E-state index contributed by atoms with van der Waals surface area (Å²) >= 11 is 0. The molecule has 0 spiro atoms. The van der Waals surface area contributed by atoms with Crippen LogP contribution in [0.15, 0.2) is 48.8 Å². The van der Waals surface area contributed by atoms with Crippen molar-refractivity contribution in [3.63, 3.8) is 0 Å². The summed E-state index contributed by atoms with van der Waals surface area (Å²) in [6.45, 7) is 0.195. The summed E-state index contributed by atoms with van der Waals surface area (Å²) in [6.07, 6.45) is 1.47. The van der Waals surface area contributed by atoms with E-state index in [0.717, 1.165) is 0 Å². The second-order valence-electron chi connectivity index (χ2n) is 4.83. The number of nitrogens with one attached hydrogen (secondary N) is 1. The Balaban J connectivity index is 1.56. The van der Waals surface area contributed by atoms with Gasteiger partial charge >= 0.3 is 0 Å². The van der Waals surface area contributed by atoms with Crippen molar-refractivity contribution in [3.8, 4) is 17.2 Å². The van der Waals surface area contributed by atoms with Crippen molar-refractivity contribution >= 4 is 11.6 Å². The lowest BCUT2D eigenvalue weighted by molar-refractivity contribution is 0.102. The van der Waals surface area contributed by atoms with Gasteiger partial charge < -0.3 is 14.8 Å². The highest BCUT2D eigenvalue weighted by atomic mass is 16.7. The largest absolute Gasteiger partial charge is 0.454 e. The van der Waals surface area contributed by atoms with Gasteiger partial charge in [-0.2, -0.15) is 0 Å². The van der Waals surface area contributed by atoms with Crippen molar-refractivity contribution in [1.29, 1.82) is 0 Å². The maximum Gasteiger partial charge on any atom is 0.255 e. The van der Waals surface area contributed by atoms with Gasteiger partial charge in [0, 0.05) is 17.3 Å². The Morgan fingerprint density at radius 1 is 1.13 bits per heavy atom. The summed E-state index contributed by atoms with van der Waals surface area (Å²) < 4.78 is 12.0. The van der Waals surface area contributed by atoms with Crippen LogP contribution in [0.5, 0.6) is 11.5 Å². The standard InChI is InChI=1S/C15H11N5O3/c21-15(17-11-4-5-13-14(7-11)23-9-22-13)10-2-1-3-12(6-10)20-8-16-18-19-20/h1-8H,9H2,(H,17,21). The summed E-state index contributed by atoms with van der Waals surface area (Å²) in [4.78, 5) is 12.4. The van der Waals surface area contributed by atoms with Gasteiger partial charge in [-0.3, -0.25) is 4.79 Å². The molecular formula is C15H11N5O3. The Morgan fingerprint density at radius 2 is 2.04 bits per heavy atom. The molecule has 0 aliphatic carbocycles. The van der Waals surface area contributed by atoms with Crippen LogP contribution in [0.25, 0.3) is 5.69 Å². The van der Waals surface area contributed by atoms with E-state index >= 15 is 0 Å². The number of tetrazole rings is 1. The molecule has 2 aromatic carbocycles. The van der Waals surface area contributed by atoms with Crippen molar-refractivity contribution in [2.24, 2.45) is 0 Å². The Hall–Kier alpha value is -3.42. The van der Waals surface area contributed by atoms with E-state index in [1.165, 1.54) is 11.0 Å². The topological polar surface area (TPSA) is 91.2 Å². The molecule has 3 aromatic rings. The van der Waals surface area contributed by atoms with Crippen LogP contribution in [-0.4, -0.2) is 32.9 Å². The summed E-state index contributed by atoms with van der Waals surface area (Å²) in [5, 5.41) is 13.8. The number of hydrogen-bond acceptors (Lipinski definition) is 6. The number of fused-ring (bicyclic) bond motifs is 1. The number of nitrogens with zero attached hydrogens (tertiary/aromatic N) is 4. The van der Waals surface area contributed by atoms with Gasteiger partial charge in [0.1, 0.15) is 6.33 Å². The fraction of sp³-hybridized carbons (Fsp3) is 0.0667. The third kappa shape index (κ3) is 2.57. The van der Waals surface area contributed by atoms with Gasteiger partial charge in [0.15, 0.2) is 11.5 Å². The molecule has 8 heteroatoms. The highest BCUT2D eigenvalue weighted by molar-refractivity contribution is 6.04. The molecule has 0 saturated heterocycles. The van der Waals surface area contributed by atoms with Crippen LogP contribution < -0.4 is 14.8 Å². The molecule has 0 radical (unpaired) electrons. The van der Waals surface area contributed by atoms with Crippen LogP contribution in [0.2, 0.25) is 0 Å². The smallest absolute Gasteiger partial charge is 0.255 e. The maximum atomic E-state index is 12.4. The monoisotopic (exact) mass is 309 g/mol. The van der Waals surface area contributed by atoms with Crippen LogP contribution in [-0.2, 0) is 0 Å². The number of aromatic nitrogens is 4. The van der Waals surface area contributed by atoms with Crippen molar-refractivity contribution in [3.05, 3.63) is 54.4 Å². The van der Waals surface area contributed by atoms with Gasteiger partial charge in [0.25, 0.3) is 5.91 Å². The number of carbonyl (C=O) groups excluding carboxylic acids is 1. The van der Waals surface area contributed by atoms with E-state index in [1.807, 2.05) is 6.07 Å². The Bertz CT molecular complexity index is 863. The van der Waals surface area contributed by atoms with Crippen molar-refractivity contribution < 1.29 is 14.3 Å². The molecule has 1 aromatic heterocycles. The molecule has 23 heavy (non-hydrogen) atoms. The minimum Gasteiger partial charge on any atom is -0.454 e. The van der Waals surface area contributed by atoms with E-state index in [1.54, 1.807) is 36.4 Å². The second-order valence-corrected chi connectivity index (χ2v) is 4.83. The normalized spacial score (nSPS) is 12.2. The summed E-state index contributed by atoms with van der Waals surface area (Å²) in [7, 11) is 0. The molecule has 0 atom stereocenters. The fourth-order valence-corrected chi connectivity index (χ4v) is 2.25. The third-order valence-corrected chi connectivity index (χ3v) is 3.35. The number of carbonyl (C=O) groups is 1. The molecule has 114 valence electrons. The molecule has 1 aliphatic rings. The summed E-state index contributed by atoms with van der Waals surface area (Å²) in [5.41, 5.74) is 1.83. The Kier molecular flexibility index (Phi) is 3.12. The van der Waals surface area contributed by atoms with Gasteiger partial charge in [-0.15, -0.1) is 5.10 Å². The zero-order chi connectivity index (χ0) is 15.6. The molecule has 0 bridgehead atoms. The number of ether oxygens (including phenoxy) is 2. The molecule has 0 unspecified atom stereocenters. The van der Waals surface area contributed by atoms with E-state index in [2.05, 4.69) is 20.8 Å². The van der Waals surface area contributed by atoms with Crippen molar-refractivity contribution in [2.45, 2.75) is 0 Å². The molecule has 0 saturated carbocycles. The zero-order valence-corrected chi connectivity index (χ0v) is 11.8. The highest BCUT2D eigenvalue weighted by Crippen LogP contribution is 2.34. The average Bonchev–Trinajstić information content (AvgIpc) is 3.26. The molecule has 4 rings (SSSR count). The average molecular weight is 309 g/mol. The number of amides is 1. The van der Waals surface area contributed by atoms with Crippen molar-refractivity contribution in [2.75, 3.05) is 12.1 Å². The summed E-state index contributed by atoms with van der Waals surface area (Å²) in [6, 6.07) is 12.3. The number of anilines is 1. The second kappa shape index (κ2) is 5.41. The Labute approximate surface area is 130 Å². The first kappa shape index (κ1) is 13.3. The molecule has 0 fully saturated rings. The lowest BCUT2D eigenvalue weighted by Gasteiger charge is -2.07. The van der Waals surface area contributed by atoms with Crippen LogP contribution in [0.3, 0.4) is 0 Å². The first-order valence-corrected chi connectivity index (χ1v) is 6.84. The van der Waals surface area contributed by atoms with Gasteiger partial charge in [-0.25, -0.2) is 4.68 Å². The van der Waals surface area contributed by atoms with Gasteiger partial charge in [0.2, 0.25) is 6.79 Å². The van der Waals surface area contributed by atoms with Crippen LogP contribution in [0.1, 0.15) is 10.4 Å². The van der Waals surface area contributed by atoms with Gasteiger partial charge in [0.05, 0.1) is 5.69 Å². The number of hydrogen-bond donors (Lipinski definition) is 1. The van der Waals surface area contributed by atoms with E-state index in [-0.39, 0.29) is 12.7 Å². The quantitative estimate of drug-likeness (QED) is 0.791. The van der Waals surface area contributed by atoms with E-state index in [9.17, 15) is 4.79 Å². The molecule has 1 N–H and O–H groups in total. The predicted octanol–water partition coefficient (Wildman–Crippen LogP) is 1.64. The van der Waals surface area contributed by atoms with Gasteiger partial charge in [-0.1, -0.05) is 6.07 Å². The highest BCUT2D eigenvalue weighted by Gasteiger charge is 2.15. The number of rotatable bonds is 3. The summed E-state index contributed by atoms with van der Waals surface area (Å²) in [5.74, 6) is 1.05. The molecule has 1 aliphatic heterocycles. The third-order valence-electron chi connectivity index (χ3n) is 3.35. The first-order valence-electron chi connectivity index (χ1n) is 6.84. The molecule has 2 heterocycles. The van der Waals surface area contributed by atoms with E-state index in [0.29, 0.717) is 28.4 Å². The molecular weight excluding hydrogens is 298 g/mol. The van der Waals surface area contributed by atoms with Crippen molar-refractivity contribution in [1.82, 2.24) is 20.2 Å². The lowest BCUT2D eigenvalue weighted by Crippen LogP contribution is -2.12. The fourth-order valence-electron chi connectivity index (χ4n) is 2.25. The van der Waals surface area contributed by atoms with E-state index in [4.69, 9.17) is 9.47 Å². The van der Waals surface area contributed by atoms with Crippen LogP contribution >= 0.6 is 0 Å². The first-order chi connectivity index (χ1) is 11.3. The molecule has 8 nitrogen and oxygen atoms in total. The van der Waals surface area contributed by atoms with Gasteiger partial charge in [-0.05, 0) is 40.8 Å². The maximum absolute atomic E-state index is 12.4. The van der Waals surface area contributed by atoms with Crippen LogP contribution in [0.4, 0.5) is 5.69 Å². The lowest BCUT2D eigenvalue weighted by atomic mass is 10.2. The SMILES string of the molecule is O=C(Nc1ccc2c(c1)OCO2)c1cccc(-n2cnnn2)c1. The number of benzene rings is 2. The predicted molar refractivity (Wildman–Crippen MR) is 79.7 cm³/mol. The Morgan fingerprint density at radius 3 is 2.91 bits per heavy atom. The van der Waals surface area contributed by atoms with Crippen LogP contribution in [0, 0.1) is 0 Å². The van der Waals surface area contributed by atoms with E-state index < -0.39 is 0 Å². The zero-order valence-electron chi connectivity index (χ0n) is 11.8. The minimum atomic E-state index is -0.237. The minimum absolute atomic E-state index is 0.195.